The van der Waals surface area contributed by atoms with Gasteiger partial charge in [-0.25, -0.2) is 0 Å². The van der Waals surface area contributed by atoms with Crippen LogP contribution in [0.5, 0.6) is 23.0 Å². The number of ether oxygens (including phenoxy) is 4. The lowest BCUT2D eigenvalue weighted by atomic mass is 10.1. The highest BCUT2D eigenvalue weighted by Crippen LogP contribution is 2.35. The Morgan fingerprint density at radius 2 is 1.69 bits per heavy atom. The minimum atomic E-state index is -1.38. The first-order valence-corrected chi connectivity index (χ1v) is 10.9. The molecule has 0 saturated heterocycles. The van der Waals surface area contributed by atoms with Crippen LogP contribution < -0.4 is 30.0 Å². The standard InChI is InChI=1S/C22H28N2O7S/c1-28-15-10-20(30-3)16(21(11-15)31-4)7-8-32(27)13-14-5-6-19(29-2)18(9-14)24-22(26)17(23)12-25/h5-11,17,25H,12-13,23H2,1-4H3,(H,24,26)/b8-7+/t17-,32?/m0/s1. The maximum atomic E-state index is 12.7. The van der Waals surface area contributed by atoms with Crippen molar-refractivity contribution in [3.63, 3.8) is 0 Å². The van der Waals surface area contributed by atoms with Gasteiger partial charge in [0.2, 0.25) is 5.91 Å². The molecule has 0 saturated carbocycles. The van der Waals surface area contributed by atoms with Crippen molar-refractivity contribution in [1.29, 1.82) is 0 Å². The fourth-order valence-corrected chi connectivity index (χ4v) is 3.70. The van der Waals surface area contributed by atoms with Crippen molar-refractivity contribution >= 4 is 28.5 Å². The molecule has 0 radical (unpaired) electrons. The minimum absolute atomic E-state index is 0.191. The Morgan fingerprint density at radius 3 is 2.22 bits per heavy atom. The molecule has 4 N–H and O–H groups in total. The Bertz CT molecular complexity index is 969. The van der Waals surface area contributed by atoms with Crippen LogP contribution in [0.2, 0.25) is 0 Å². The second-order valence-electron chi connectivity index (χ2n) is 6.59. The van der Waals surface area contributed by atoms with Crippen molar-refractivity contribution in [2.75, 3.05) is 40.4 Å². The van der Waals surface area contributed by atoms with Gasteiger partial charge < -0.3 is 35.1 Å². The molecule has 0 aliphatic carbocycles. The zero-order chi connectivity index (χ0) is 23.7. The quantitative estimate of drug-likeness (QED) is 0.460. The van der Waals surface area contributed by atoms with E-state index in [4.69, 9.17) is 29.8 Å². The molecule has 2 atom stereocenters. The van der Waals surface area contributed by atoms with Crippen LogP contribution in [-0.2, 0) is 21.3 Å². The summed E-state index contributed by atoms with van der Waals surface area (Å²) in [6, 6.07) is 7.42. The maximum absolute atomic E-state index is 12.7. The summed E-state index contributed by atoms with van der Waals surface area (Å²) in [5.74, 6) is 1.67. The number of aliphatic hydroxyl groups excluding tert-OH is 1. The van der Waals surface area contributed by atoms with E-state index in [1.807, 2.05) is 0 Å². The first-order valence-electron chi connectivity index (χ1n) is 9.56. The molecule has 0 spiro atoms. The number of amides is 1. The molecule has 0 bridgehead atoms. The lowest BCUT2D eigenvalue weighted by Gasteiger charge is -2.14. The molecule has 0 fully saturated rings. The Kier molecular flexibility index (Phi) is 9.51. The number of rotatable bonds is 11. The first-order chi connectivity index (χ1) is 15.4. The van der Waals surface area contributed by atoms with Gasteiger partial charge in [-0.05, 0) is 23.8 Å². The third-order valence-corrected chi connectivity index (χ3v) is 5.56. The van der Waals surface area contributed by atoms with Crippen LogP contribution in [0.1, 0.15) is 11.1 Å². The second kappa shape index (κ2) is 12.1. The molecule has 9 nitrogen and oxygen atoms in total. The molecule has 1 amide bonds. The summed E-state index contributed by atoms with van der Waals surface area (Å²) in [5.41, 5.74) is 7.25. The number of carbonyl (C=O) groups excluding carboxylic acids is 1. The minimum Gasteiger partial charge on any atom is -0.496 e. The van der Waals surface area contributed by atoms with Crippen LogP contribution in [0.3, 0.4) is 0 Å². The van der Waals surface area contributed by atoms with E-state index in [1.165, 1.54) is 26.7 Å². The van der Waals surface area contributed by atoms with Gasteiger partial charge in [0, 0.05) is 17.5 Å². The number of benzene rings is 2. The number of anilines is 1. The topological polar surface area (TPSA) is 129 Å². The van der Waals surface area contributed by atoms with Crippen molar-refractivity contribution in [3.05, 3.63) is 46.9 Å². The molecule has 0 aromatic heterocycles. The van der Waals surface area contributed by atoms with E-state index >= 15 is 0 Å². The predicted molar refractivity (Wildman–Crippen MR) is 124 cm³/mol. The molecule has 2 rings (SSSR count). The van der Waals surface area contributed by atoms with Crippen molar-refractivity contribution in [3.8, 4) is 23.0 Å². The van der Waals surface area contributed by atoms with E-state index in [2.05, 4.69) is 5.32 Å². The van der Waals surface area contributed by atoms with Gasteiger partial charge in [0.05, 0.1) is 62.8 Å². The van der Waals surface area contributed by atoms with Gasteiger partial charge in [-0.2, -0.15) is 0 Å². The Hall–Kier alpha value is -3.08. The van der Waals surface area contributed by atoms with Crippen molar-refractivity contribution in [2.24, 2.45) is 5.73 Å². The number of carbonyl (C=O) groups is 1. The van der Waals surface area contributed by atoms with Crippen LogP contribution in [0.4, 0.5) is 5.69 Å². The highest BCUT2D eigenvalue weighted by Gasteiger charge is 2.15. The molecule has 2 aromatic carbocycles. The van der Waals surface area contributed by atoms with Crippen LogP contribution in [0.25, 0.3) is 6.08 Å². The molecule has 174 valence electrons. The molecular weight excluding hydrogens is 436 g/mol. The van der Waals surface area contributed by atoms with Crippen LogP contribution >= 0.6 is 0 Å². The van der Waals surface area contributed by atoms with Gasteiger partial charge in [0.25, 0.3) is 0 Å². The van der Waals surface area contributed by atoms with Gasteiger partial charge >= 0.3 is 0 Å². The third-order valence-electron chi connectivity index (χ3n) is 4.50. The highest BCUT2D eigenvalue weighted by molar-refractivity contribution is 7.87. The molecule has 10 heteroatoms. The van der Waals surface area contributed by atoms with Crippen LogP contribution in [-0.4, -0.2) is 56.3 Å². The predicted octanol–water partition coefficient (Wildman–Crippen LogP) is 1.90. The van der Waals surface area contributed by atoms with Crippen molar-refractivity contribution < 1.29 is 33.1 Å². The largest absolute Gasteiger partial charge is 0.496 e. The number of aliphatic hydroxyl groups is 1. The van der Waals surface area contributed by atoms with E-state index < -0.39 is 29.4 Å². The second-order valence-corrected chi connectivity index (χ2v) is 7.91. The van der Waals surface area contributed by atoms with E-state index in [-0.39, 0.29) is 5.75 Å². The zero-order valence-corrected chi connectivity index (χ0v) is 19.2. The molecule has 2 aromatic rings. The fourth-order valence-electron chi connectivity index (χ4n) is 2.80. The number of nitrogens with one attached hydrogen (secondary N) is 1. The number of methoxy groups -OCH3 is 4. The molecule has 0 aliphatic rings. The van der Waals surface area contributed by atoms with Gasteiger partial charge in [0.1, 0.15) is 29.0 Å². The summed E-state index contributed by atoms with van der Waals surface area (Å²) in [7, 11) is 4.68. The highest BCUT2D eigenvalue weighted by atomic mass is 32.2. The SMILES string of the molecule is COc1cc(OC)c(/C=C/S(=O)Cc2ccc(OC)c(NC(=O)[C@@H](N)CO)c2)c(OC)c1. The zero-order valence-electron chi connectivity index (χ0n) is 18.4. The summed E-state index contributed by atoms with van der Waals surface area (Å²) in [4.78, 5) is 12.0. The maximum Gasteiger partial charge on any atom is 0.243 e. The lowest BCUT2D eigenvalue weighted by molar-refractivity contribution is -0.118. The van der Waals surface area contributed by atoms with Crippen molar-refractivity contribution in [2.45, 2.75) is 11.8 Å². The third kappa shape index (κ3) is 6.46. The number of hydrogen-bond acceptors (Lipinski definition) is 8. The fraction of sp³-hybridized carbons (Fsp3) is 0.318. The van der Waals surface area contributed by atoms with Crippen LogP contribution in [0, 0.1) is 0 Å². The van der Waals surface area contributed by atoms with Crippen LogP contribution in [0.15, 0.2) is 35.7 Å². The molecular formula is C22H28N2O7S. The van der Waals surface area contributed by atoms with Gasteiger partial charge in [-0.1, -0.05) is 6.07 Å². The summed E-state index contributed by atoms with van der Waals surface area (Å²) < 4.78 is 34.0. The summed E-state index contributed by atoms with van der Waals surface area (Å²) >= 11 is 0. The Morgan fingerprint density at radius 1 is 1.06 bits per heavy atom. The van der Waals surface area contributed by atoms with E-state index in [0.717, 1.165) is 0 Å². The van der Waals surface area contributed by atoms with E-state index in [0.29, 0.717) is 39.8 Å². The molecule has 0 heterocycles. The molecule has 1 unspecified atom stereocenters. The average molecular weight is 465 g/mol. The Labute approximate surface area is 189 Å². The summed E-state index contributed by atoms with van der Waals surface area (Å²) in [6.45, 7) is -0.485. The number of nitrogens with two attached hydrogens (primary N) is 1. The van der Waals surface area contributed by atoms with Gasteiger partial charge in [-0.3, -0.25) is 9.00 Å². The molecule has 32 heavy (non-hydrogen) atoms. The molecule has 0 aliphatic heterocycles. The van der Waals surface area contributed by atoms with Crippen molar-refractivity contribution in [1.82, 2.24) is 0 Å². The lowest BCUT2D eigenvalue weighted by Crippen LogP contribution is -2.38. The first kappa shape index (κ1) is 25.2. The van der Waals surface area contributed by atoms with E-state index in [1.54, 1.807) is 43.5 Å². The average Bonchev–Trinajstić information content (AvgIpc) is 2.81. The summed E-state index contributed by atoms with van der Waals surface area (Å²) in [6.07, 6.45) is 1.67. The van der Waals surface area contributed by atoms with Gasteiger partial charge in [0.15, 0.2) is 0 Å². The van der Waals surface area contributed by atoms with E-state index in [9.17, 15) is 9.00 Å². The summed E-state index contributed by atoms with van der Waals surface area (Å²) in [5, 5.41) is 13.2. The van der Waals surface area contributed by atoms with Gasteiger partial charge in [-0.15, -0.1) is 0 Å². The smallest absolute Gasteiger partial charge is 0.243 e. The normalized spacial score (nSPS) is 12.8. The monoisotopic (exact) mass is 464 g/mol. The number of hydrogen-bond donors (Lipinski definition) is 3. The Balaban J connectivity index is 2.22.